The number of rotatable bonds is 1. The molecule has 0 aliphatic rings. The van der Waals surface area contributed by atoms with Gasteiger partial charge in [-0.05, 0) is 39.7 Å². The Bertz CT molecular complexity index is 340. The monoisotopic (exact) mass is 270 g/mol. The van der Waals surface area contributed by atoms with E-state index < -0.39 is 11.1 Å². The lowest BCUT2D eigenvalue weighted by molar-refractivity contribution is 0.107. The van der Waals surface area contributed by atoms with Crippen LogP contribution in [0.1, 0.15) is 10.4 Å². The highest BCUT2D eigenvalue weighted by molar-refractivity contribution is 9.10. The normalized spacial score (nSPS) is 10.0. The molecular formula is C7H2BrCl2FO. The van der Waals surface area contributed by atoms with Crippen molar-refractivity contribution in [2.75, 3.05) is 0 Å². The highest BCUT2D eigenvalue weighted by atomic mass is 79.9. The van der Waals surface area contributed by atoms with Gasteiger partial charge in [0.25, 0.3) is 5.24 Å². The highest BCUT2D eigenvalue weighted by Crippen LogP contribution is 2.26. The first kappa shape index (κ1) is 9.96. The van der Waals surface area contributed by atoms with E-state index in [2.05, 4.69) is 15.9 Å². The second-order valence-electron chi connectivity index (χ2n) is 2.02. The summed E-state index contributed by atoms with van der Waals surface area (Å²) in [5.41, 5.74) is -0.187. The van der Waals surface area contributed by atoms with Crippen LogP contribution in [0, 0.1) is 5.82 Å². The van der Waals surface area contributed by atoms with Crippen molar-refractivity contribution in [3.8, 4) is 0 Å². The molecule has 1 aromatic carbocycles. The van der Waals surface area contributed by atoms with Crippen LogP contribution in [-0.2, 0) is 0 Å². The third-order valence-corrected chi connectivity index (χ3v) is 2.62. The van der Waals surface area contributed by atoms with Gasteiger partial charge in [-0.3, -0.25) is 4.79 Å². The van der Waals surface area contributed by atoms with Crippen LogP contribution in [0.2, 0.25) is 5.02 Å². The van der Waals surface area contributed by atoms with Gasteiger partial charge in [0.1, 0.15) is 5.82 Å². The van der Waals surface area contributed by atoms with Gasteiger partial charge in [0.05, 0.1) is 10.6 Å². The number of hydrogen-bond donors (Lipinski definition) is 0. The van der Waals surface area contributed by atoms with Crippen molar-refractivity contribution in [3.63, 3.8) is 0 Å². The summed E-state index contributed by atoms with van der Waals surface area (Å²) in [6.45, 7) is 0. The Morgan fingerprint density at radius 2 is 2.08 bits per heavy atom. The van der Waals surface area contributed by atoms with E-state index in [0.717, 1.165) is 6.07 Å². The highest BCUT2D eigenvalue weighted by Gasteiger charge is 2.11. The van der Waals surface area contributed by atoms with Gasteiger partial charge in [-0.2, -0.15) is 0 Å². The zero-order valence-electron chi connectivity index (χ0n) is 5.57. The smallest absolute Gasteiger partial charge is 0.255 e. The molecule has 12 heavy (non-hydrogen) atoms. The Labute approximate surface area is 86.6 Å². The summed E-state index contributed by atoms with van der Waals surface area (Å²) in [5.74, 6) is -0.719. The maximum absolute atomic E-state index is 12.9. The molecule has 0 amide bonds. The van der Waals surface area contributed by atoms with E-state index in [4.69, 9.17) is 23.2 Å². The van der Waals surface area contributed by atoms with Crippen LogP contribution in [-0.4, -0.2) is 5.24 Å². The zero-order chi connectivity index (χ0) is 9.30. The average molecular weight is 272 g/mol. The second kappa shape index (κ2) is 3.73. The van der Waals surface area contributed by atoms with Gasteiger partial charge in [-0.15, -0.1) is 0 Å². The first-order valence-corrected chi connectivity index (χ1v) is 4.41. The lowest BCUT2D eigenvalue weighted by Crippen LogP contribution is -1.94. The van der Waals surface area contributed by atoms with Crippen LogP contribution >= 0.6 is 39.1 Å². The number of carbonyl (C=O) groups excluding carboxylic acids is 1. The summed E-state index contributed by atoms with van der Waals surface area (Å²) < 4.78 is 13.3. The molecule has 64 valence electrons. The molecule has 5 heteroatoms. The summed E-state index contributed by atoms with van der Waals surface area (Å²) in [6, 6.07) is 2.27. The predicted octanol–water partition coefficient (Wildman–Crippen LogP) is 3.62. The summed E-state index contributed by atoms with van der Waals surface area (Å²) >= 11 is 13.7. The first-order valence-electron chi connectivity index (χ1n) is 2.86. The first-order chi connectivity index (χ1) is 5.52. The van der Waals surface area contributed by atoms with Crippen molar-refractivity contribution in [3.05, 3.63) is 33.0 Å². The van der Waals surface area contributed by atoms with Crippen molar-refractivity contribution >= 4 is 44.4 Å². The van der Waals surface area contributed by atoms with Crippen LogP contribution < -0.4 is 0 Å². The maximum Gasteiger partial charge on any atom is 0.255 e. The van der Waals surface area contributed by atoms with E-state index in [-0.39, 0.29) is 10.6 Å². The molecule has 0 atom stereocenters. The Kier molecular flexibility index (Phi) is 3.09. The molecule has 1 aromatic rings. The molecule has 0 saturated carbocycles. The molecule has 0 aliphatic heterocycles. The van der Waals surface area contributed by atoms with Crippen LogP contribution in [0.5, 0.6) is 0 Å². The SMILES string of the molecule is O=C(Cl)c1cc(Br)c(Cl)cc1F. The van der Waals surface area contributed by atoms with Crippen LogP contribution in [0.4, 0.5) is 4.39 Å². The Morgan fingerprint density at radius 3 is 2.58 bits per heavy atom. The number of halogens is 4. The van der Waals surface area contributed by atoms with E-state index in [1.54, 1.807) is 0 Å². The minimum atomic E-state index is -0.843. The standard InChI is InChI=1S/C7H2BrCl2FO/c8-4-1-3(7(10)12)6(11)2-5(4)9/h1-2H. The van der Waals surface area contributed by atoms with Gasteiger partial charge >= 0.3 is 0 Å². The molecule has 0 aromatic heterocycles. The van der Waals surface area contributed by atoms with Crippen molar-refractivity contribution < 1.29 is 9.18 Å². The van der Waals surface area contributed by atoms with E-state index in [1.807, 2.05) is 0 Å². The van der Waals surface area contributed by atoms with Gasteiger partial charge in [-0.1, -0.05) is 11.6 Å². The zero-order valence-corrected chi connectivity index (χ0v) is 8.67. The van der Waals surface area contributed by atoms with Crippen LogP contribution in [0.15, 0.2) is 16.6 Å². The third kappa shape index (κ3) is 1.97. The van der Waals surface area contributed by atoms with Crippen LogP contribution in [0.25, 0.3) is 0 Å². The minimum Gasteiger partial charge on any atom is -0.275 e. The molecule has 0 spiro atoms. The summed E-state index contributed by atoms with van der Waals surface area (Å²) in [7, 11) is 0. The van der Waals surface area contributed by atoms with Crippen molar-refractivity contribution in [1.29, 1.82) is 0 Å². The number of benzene rings is 1. The van der Waals surface area contributed by atoms with Crippen molar-refractivity contribution in [1.82, 2.24) is 0 Å². The molecule has 0 N–H and O–H groups in total. The maximum atomic E-state index is 12.9. The molecule has 1 rings (SSSR count). The van der Waals surface area contributed by atoms with E-state index in [9.17, 15) is 9.18 Å². The largest absolute Gasteiger partial charge is 0.275 e. The molecule has 0 aliphatic carbocycles. The van der Waals surface area contributed by atoms with Crippen molar-refractivity contribution in [2.45, 2.75) is 0 Å². The fraction of sp³-hybridized carbons (Fsp3) is 0. The summed E-state index contributed by atoms with van der Waals surface area (Å²) in [6.07, 6.45) is 0. The van der Waals surface area contributed by atoms with E-state index >= 15 is 0 Å². The van der Waals surface area contributed by atoms with Crippen molar-refractivity contribution in [2.24, 2.45) is 0 Å². The molecule has 1 nitrogen and oxygen atoms in total. The van der Waals surface area contributed by atoms with Gasteiger partial charge in [0, 0.05) is 4.47 Å². The fourth-order valence-corrected chi connectivity index (χ4v) is 1.31. The Balaban J connectivity index is 3.33. The van der Waals surface area contributed by atoms with E-state index in [1.165, 1.54) is 6.07 Å². The van der Waals surface area contributed by atoms with Gasteiger partial charge < -0.3 is 0 Å². The summed E-state index contributed by atoms with van der Waals surface area (Å²) in [5, 5.41) is -0.640. The lowest BCUT2D eigenvalue weighted by Gasteiger charge is -1.99. The molecule has 0 bridgehead atoms. The molecule has 0 heterocycles. The minimum absolute atomic E-state index is 0.187. The quantitative estimate of drug-likeness (QED) is 0.563. The van der Waals surface area contributed by atoms with Gasteiger partial charge in [-0.25, -0.2) is 4.39 Å². The van der Waals surface area contributed by atoms with Gasteiger partial charge in [0.2, 0.25) is 0 Å². The number of carbonyl (C=O) groups is 1. The predicted molar refractivity (Wildman–Crippen MR) is 49.3 cm³/mol. The van der Waals surface area contributed by atoms with Crippen LogP contribution in [0.3, 0.4) is 0 Å². The molecular weight excluding hydrogens is 270 g/mol. The van der Waals surface area contributed by atoms with E-state index in [0.29, 0.717) is 4.47 Å². The van der Waals surface area contributed by atoms with Gasteiger partial charge in [0.15, 0.2) is 0 Å². The fourth-order valence-electron chi connectivity index (χ4n) is 0.673. The average Bonchev–Trinajstić information content (AvgIpc) is 1.96. The number of hydrogen-bond acceptors (Lipinski definition) is 1. The third-order valence-electron chi connectivity index (χ3n) is 1.22. The summed E-state index contributed by atoms with van der Waals surface area (Å²) in [4.78, 5) is 10.6. The lowest BCUT2D eigenvalue weighted by atomic mass is 10.2. The Morgan fingerprint density at radius 1 is 1.50 bits per heavy atom. The Hall–Kier alpha value is -0.120. The molecule has 0 saturated heterocycles. The second-order valence-corrected chi connectivity index (χ2v) is 3.62. The molecule has 0 fully saturated rings. The molecule has 0 unspecified atom stereocenters. The molecule has 0 radical (unpaired) electrons. The topological polar surface area (TPSA) is 17.1 Å².